The predicted molar refractivity (Wildman–Crippen MR) is 55.7 cm³/mol. The molecule has 0 aliphatic carbocycles. The Hall–Kier alpha value is -1.57. The first-order valence-electron chi connectivity index (χ1n) is 4.22. The van der Waals surface area contributed by atoms with Crippen LogP contribution in [-0.4, -0.2) is 13.3 Å². The largest absolute Gasteiger partial charge is 0.388 e. The van der Waals surface area contributed by atoms with E-state index in [-0.39, 0.29) is 0 Å². The minimum absolute atomic E-state index is 0.713. The van der Waals surface area contributed by atoms with Crippen molar-refractivity contribution in [2.24, 2.45) is 0 Å². The minimum atomic E-state index is 0.713. The van der Waals surface area contributed by atoms with E-state index in [2.05, 4.69) is 5.32 Å². The maximum absolute atomic E-state index is 10.7. The van der Waals surface area contributed by atoms with Crippen molar-refractivity contribution in [3.63, 3.8) is 0 Å². The fourth-order valence-corrected chi connectivity index (χ4v) is 1.24. The highest BCUT2D eigenvalue weighted by atomic mass is 16.1. The third kappa shape index (κ3) is 1.96. The SMILES string of the molecule is C/C=C(/C=O)c1ccccc1NC. The summed E-state index contributed by atoms with van der Waals surface area (Å²) < 4.78 is 0. The summed E-state index contributed by atoms with van der Waals surface area (Å²) in [5, 5.41) is 3.04. The third-order valence-corrected chi connectivity index (χ3v) is 1.95. The first kappa shape index (κ1) is 9.52. The topological polar surface area (TPSA) is 29.1 Å². The van der Waals surface area contributed by atoms with Crippen LogP contribution in [0.5, 0.6) is 0 Å². The zero-order chi connectivity index (χ0) is 9.68. The first-order chi connectivity index (χ1) is 6.33. The van der Waals surface area contributed by atoms with Crippen molar-refractivity contribution < 1.29 is 4.79 Å². The summed E-state index contributed by atoms with van der Waals surface area (Å²) in [6.07, 6.45) is 2.68. The van der Waals surface area contributed by atoms with E-state index in [1.54, 1.807) is 0 Å². The Morgan fingerprint density at radius 2 is 2.08 bits per heavy atom. The van der Waals surface area contributed by atoms with E-state index < -0.39 is 0 Å². The molecule has 0 spiro atoms. The lowest BCUT2D eigenvalue weighted by Crippen LogP contribution is -1.95. The average molecular weight is 175 g/mol. The van der Waals surface area contributed by atoms with E-state index in [0.29, 0.717) is 5.57 Å². The van der Waals surface area contributed by atoms with Crippen molar-refractivity contribution >= 4 is 17.5 Å². The molecule has 13 heavy (non-hydrogen) atoms. The fraction of sp³-hybridized carbons (Fsp3) is 0.182. The zero-order valence-corrected chi connectivity index (χ0v) is 7.87. The molecule has 0 amide bonds. The van der Waals surface area contributed by atoms with Gasteiger partial charge in [-0.1, -0.05) is 24.3 Å². The molecule has 0 radical (unpaired) electrons. The molecule has 0 aliphatic rings. The van der Waals surface area contributed by atoms with Crippen LogP contribution in [0, 0.1) is 0 Å². The molecule has 0 saturated heterocycles. The maximum atomic E-state index is 10.7. The number of hydrogen-bond donors (Lipinski definition) is 1. The summed E-state index contributed by atoms with van der Waals surface area (Å²) in [5.41, 5.74) is 2.63. The highest BCUT2D eigenvalue weighted by Crippen LogP contribution is 2.21. The second kappa shape index (κ2) is 4.45. The van der Waals surface area contributed by atoms with Gasteiger partial charge in [0.1, 0.15) is 6.29 Å². The number of allylic oxidation sites excluding steroid dienone is 2. The monoisotopic (exact) mass is 175 g/mol. The van der Waals surface area contributed by atoms with Crippen LogP contribution < -0.4 is 5.32 Å². The number of carbonyl (C=O) groups excluding carboxylic acids is 1. The quantitative estimate of drug-likeness (QED) is 0.564. The summed E-state index contributed by atoms with van der Waals surface area (Å²) in [6.45, 7) is 1.86. The Morgan fingerprint density at radius 3 is 2.62 bits per heavy atom. The molecular weight excluding hydrogens is 162 g/mol. The van der Waals surface area contributed by atoms with Crippen molar-refractivity contribution in [1.29, 1.82) is 0 Å². The second-order valence-electron chi connectivity index (χ2n) is 2.66. The average Bonchev–Trinajstić information content (AvgIpc) is 2.20. The second-order valence-corrected chi connectivity index (χ2v) is 2.66. The molecule has 1 aromatic carbocycles. The highest BCUT2D eigenvalue weighted by Gasteiger charge is 2.02. The third-order valence-electron chi connectivity index (χ3n) is 1.95. The Morgan fingerprint density at radius 1 is 1.38 bits per heavy atom. The molecule has 0 atom stereocenters. The molecule has 0 heterocycles. The van der Waals surface area contributed by atoms with Crippen LogP contribution in [0.1, 0.15) is 12.5 Å². The van der Waals surface area contributed by atoms with E-state index in [9.17, 15) is 4.79 Å². The Labute approximate surface area is 78.3 Å². The van der Waals surface area contributed by atoms with Crippen molar-refractivity contribution in [3.05, 3.63) is 35.9 Å². The van der Waals surface area contributed by atoms with Gasteiger partial charge in [0, 0.05) is 23.9 Å². The van der Waals surface area contributed by atoms with Crippen LogP contribution in [0.4, 0.5) is 5.69 Å². The van der Waals surface area contributed by atoms with E-state index in [0.717, 1.165) is 17.5 Å². The van der Waals surface area contributed by atoms with Crippen LogP contribution in [-0.2, 0) is 4.79 Å². The molecule has 2 nitrogen and oxygen atoms in total. The minimum Gasteiger partial charge on any atom is -0.388 e. The van der Waals surface area contributed by atoms with Crippen molar-refractivity contribution in [2.45, 2.75) is 6.92 Å². The molecule has 0 aliphatic heterocycles. The van der Waals surface area contributed by atoms with Gasteiger partial charge in [0.2, 0.25) is 0 Å². The van der Waals surface area contributed by atoms with Crippen LogP contribution in [0.25, 0.3) is 5.57 Å². The molecule has 0 unspecified atom stereocenters. The Balaban J connectivity index is 3.19. The number of para-hydroxylation sites is 1. The van der Waals surface area contributed by atoms with E-state index in [1.807, 2.05) is 44.3 Å². The van der Waals surface area contributed by atoms with Gasteiger partial charge in [0.05, 0.1) is 0 Å². The van der Waals surface area contributed by atoms with Gasteiger partial charge in [-0.3, -0.25) is 4.79 Å². The lowest BCUT2D eigenvalue weighted by molar-refractivity contribution is -0.103. The highest BCUT2D eigenvalue weighted by molar-refractivity contribution is 6.09. The van der Waals surface area contributed by atoms with Crippen molar-refractivity contribution in [2.75, 3.05) is 12.4 Å². The van der Waals surface area contributed by atoms with Crippen molar-refractivity contribution in [1.82, 2.24) is 0 Å². The van der Waals surface area contributed by atoms with Gasteiger partial charge in [-0.05, 0) is 13.0 Å². The molecular formula is C11H13NO. The molecule has 0 saturated carbocycles. The summed E-state index contributed by atoms with van der Waals surface area (Å²) in [7, 11) is 1.84. The smallest absolute Gasteiger partial charge is 0.150 e. The number of benzene rings is 1. The number of anilines is 1. The van der Waals surface area contributed by atoms with Gasteiger partial charge in [-0.25, -0.2) is 0 Å². The van der Waals surface area contributed by atoms with Gasteiger partial charge in [-0.15, -0.1) is 0 Å². The Bertz CT molecular complexity index is 329. The standard InChI is InChI=1S/C11H13NO/c1-3-9(8-13)10-6-4-5-7-11(10)12-2/h3-8,12H,1-2H3/b9-3-. The number of hydrogen-bond acceptors (Lipinski definition) is 2. The number of carbonyl (C=O) groups is 1. The van der Waals surface area contributed by atoms with Gasteiger partial charge in [0.15, 0.2) is 0 Å². The predicted octanol–water partition coefficient (Wildman–Crippen LogP) is 2.33. The molecule has 1 rings (SSSR count). The number of rotatable bonds is 3. The lowest BCUT2D eigenvalue weighted by atomic mass is 10.1. The van der Waals surface area contributed by atoms with Gasteiger partial charge in [-0.2, -0.15) is 0 Å². The van der Waals surface area contributed by atoms with Gasteiger partial charge >= 0.3 is 0 Å². The summed E-state index contributed by atoms with van der Waals surface area (Å²) in [6, 6.07) is 7.73. The summed E-state index contributed by atoms with van der Waals surface area (Å²) >= 11 is 0. The van der Waals surface area contributed by atoms with E-state index >= 15 is 0 Å². The molecule has 0 fully saturated rings. The maximum Gasteiger partial charge on any atom is 0.150 e. The fourth-order valence-electron chi connectivity index (χ4n) is 1.24. The van der Waals surface area contributed by atoms with Crippen LogP contribution >= 0.6 is 0 Å². The molecule has 2 heteroatoms. The molecule has 0 bridgehead atoms. The lowest BCUT2D eigenvalue weighted by Gasteiger charge is -2.07. The van der Waals surface area contributed by atoms with E-state index in [1.165, 1.54) is 0 Å². The molecule has 68 valence electrons. The normalized spacial score (nSPS) is 11.1. The number of aldehydes is 1. The Kier molecular flexibility index (Phi) is 3.26. The number of nitrogens with one attached hydrogen (secondary N) is 1. The van der Waals surface area contributed by atoms with Gasteiger partial charge in [0.25, 0.3) is 0 Å². The van der Waals surface area contributed by atoms with Crippen LogP contribution in [0.15, 0.2) is 30.3 Å². The van der Waals surface area contributed by atoms with E-state index in [4.69, 9.17) is 0 Å². The summed E-state index contributed by atoms with van der Waals surface area (Å²) in [4.78, 5) is 10.7. The zero-order valence-electron chi connectivity index (χ0n) is 7.87. The molecule has 1 aromatic rings. The van der Waals surface area contributed by atoms with Crippen LogP contribution in [0.2, 0.25) is 0 Å². The molecule has 0 aromatic heterocycles. The molecule has 1 N–H and O–H groups in total. The summed E-state index contributed by atoms with van der Waals surface area (Å²) in [5.74, 6) is 0. The first-order valence-corrected chi connectivity index (χ1v) is 4.22. The van der Waals surface area contributed by atoms with Crippen molar-refractivity contribution in [3.8, 4) is 0 Å². The van der Waals surface area contributed by atoms with Crippen LogP contribution in [0.3, 0.4) is 0 Å². The van der Waals surface area contributed by atoms with Gasteiger partial charge < -0.3 is 5.32 Å².